The highest BCUT2D eigenvalue weighted by Crippen LogP contribution is 2.28. The van der Waals surface area contributed by atoms with Crippen LogP contribution in [0.4, 0.5) is 4.79 Å². The Morgan fingerprint density at radius 1 is 1.19 bits per heavy atom. The van der Waals surface area contributed by atoms with Crippen molar-refractivity contribution in [1.82, 2.24) is 19.8 Å². The number of hydrogen-bond acceptors (Lipinski definition) is 4. The number of carbonyl (C=O) groups is 2. The Morgan fingerprint density at radius 2 is 1.91 bits per heavy atom. The number of carboxylic acids is 1. The summed E-state index contributed by atoms with van der Waals surface area (Å²) >= 11 is 3.82. The summed E-state index contributed by atoms with van der Waals surface area (Å²) in [6, 6.07) is 17.5. The van der Waals surface area contributed by atoms with Crippen LogP contribution in [-0.4, -0.2) is 50.4 Å². The lowest BCUT2D eigenvalue weighted by Gasteiger charge is -2.28. The second-order valence-electron chi connectivity index (χ2n) is 7.24. The van der Waals surface area contributed by atoms with Gasteiger partial charge in [0.1, 0.15) is 10.6 Å². The molecule has 0 aliphatic carbocycles. The molecule has 1 atom stereocenters. The number of thioether (sulfide) groups is 1. The van der Waals surface area contributed by atoms with Gasteiger partial charge in [-0.25, -0.2) is 9.78 Å². The van der Waals surface area contributed by atoms with Gasteiger partial charge in [-0.3, -0.25) is 4.79 Å². The first-order valence-corrected chi connectivity index (χ1v) is 12.8. The molecule has 0 bridgehead atoms. The van der Waals surface area contributed by atoms with E-state index < -0.39 is 5.97 Å². The Balaban J connectivity index is 1.53. The number of carboxylic acid groups (broad SMARTS) is 1. The minimum atomic E-state index is -0.898. The highest BCUT2D eigenvalue weighted by atomic mass is 127. The Kier molecular flexibility index (Phi) is 9.22. The maximum atomic E-state index is 12.8. The largest absolute Gasteiger partial charge is 0.480 e. The van der Waals surface area contributed by atoms with Gasteiger partial charge < -0.3 is 19.9 Å². The van der Waals surface area contributed by atoms with Gasteiger partial charge in [-0.15, -0.1) is 0 Å². The number of rotatable bonds is 11. The van der Waals surface area contributed by atoms with Crippen molar-refractivity contribution in [3.63, 3.8) is 0 Å². The fourth-order valence-electron chi connectivity index (χ4n) is 3.33. The summed E-state index contributed by atoms with van der Waals surface area (Å²) in [5, 5.41) is 13.0. The highest BCUT2D eigenvalue weighted by molar-refractivity contribution is 14.1. The van der Waals surface area contributed by atoms with E-state index >= 15 is 0 Å². The van der Waals surface area contributed by atoms with Gasteiger partial charge in [0.2, 0.25) is 0 Å². The van der Waals surface area contributed by atoms with Crippen LogP contribution in [-0.2, 0) is 11.3 Å². The van der Waals surface area contributed by atoms with Crippen molar-refractivity contribution in [3.8, 4) is 0 Å². The molecule has 1 aromatic heterocycles. The number of imidazole rings is 1. The van der Waals surface area contributed by atoms with Crippen LogP contribution in [0.2, 0.25) is 0 Å². The molecule has 2 N–H and O–H groups in total. The van der Waals surface area contributed by atoms with Gasteiger partial charge in [0.25, 0.3) is 0 Å². The summed E-state index contributed by atoms with van der Waals surface area (Å²) in [6.45, 7) is 3.17. The molecule has 9 heteroatoms. The van der Waals surface area contributed by atoms with E-state index in [0.29, 0.717) is 18.2 Å². The fraction of sp³-hybridized carbons (Fsp3) is 0.348. The average molecular weight is 566 g/mol. The minimum Gasteiger partial charge on any atom is -0.480 e. The number of carbonyl (C=O) groups excluding carboxylic acids is 1. The molecule has 7 nitrogen and oxygen atoms in total. The maximum Gasteiger partial charge on any atom is 0.323 e. The standard InChI is InChI=1S/C23H27IN4O3S/c1-2-14-27(21(24)17-9-4-3-5-10-17)22(31)25-13-8-15-32-23-26-18-11-6-7-12-19(18)28(23)16-20(29)30/h3-7,9-12,21H,2,8,13-16H2,1H3,(H,25,31)(H,29,30). The number of fused-ring (bicyclic) bond motifs is 1. The Morgan fingerprint density at radius 3 is 2.62 bits per heavy atom. The molecular weight excluding hydrogens is 539 g/mol. The monoisotopic (exact) mass is 566 g/mol. The lowest BCUT2D eigenvalue weighted by atomic mass is 10.2. The second kappa shape index (κ2) is 12.1. The number of aromatic nitrogens is 2. The first kappa shape index (κ1) is 24.4. The molecule has 0 fully saturated rings. The van der Waals surface area contributed by atoms with Crippen LogP contribution in [0.15, 0.2) is 59.8 Å². The van der Waals surface area contributed by atoms with Crippen molar-refractivity contribution in [3.05, 3.63) is 60.2 Å². The van der Waals surface area contributed by atoms with Crippen molar-refractivity contribution in [2.45, 2.75) is 35.5 Å². The van der Waals surface area contributed by atoms with Crippen molar-refractivity contribution in [2.75, 3.05) is 18.8 Å². The molecule has 1 unspecified atom stereocenters. The molecule has 0 aliphatic rings. The Hall–Kier alpha value is -2.27. The predicted molar refractivity (Wildman–Crippen MR) is 136 cm³/mol. The topological polar surface area (TPSA) is 87.5 Å². The molecule has 3 rings (SSSR count). The van der Waals surface area contributed by atoms with Crippen molar-refractivity contribution in [2.24, 2.45) is 0 Å². The molecule has 0 spiro atoms. The van der Waals surface area contributed by atoms with Gasteiger partial charge in [0, 0.05) is 18.8 Å². The number of nitrogens with zero attached hydrogens (tertiary/aromatic N) is 3. The number of para-hydroxylation sites is 2. The van der Waals surface area contributed by atoms with Gasteiger partial charge in [0.05, 0.1) is 11.0 Å². The van der Waals surface area contributed by atoms with Crippen LogP contribution in [0, 0.1) is 0 Å². The smallest absolute Gasteiger partial charge is 0.323 e. The van der Waals surface area contributed by atoms with Crippen LogP contribution < -0.4 is 5.32 Å². The van der Waals surface area contributed by atoms with Gasteiger partial charge in [-0.1, -0.05) is 83.7 Å². The summed E-state index contributed by atoms with van der Waals surface area (Å²) in [6.07, 6.45) is 1.64. The molecular formula is C23H27IN4O3S. The lowest BCUT2D eigenvalue weighted by Crippen LogP contribution is -2.41. The van der Waals surface area contributed by atoms with E-state index in [4.69, 9.17) is 0 Å². The SMILES string of the molecule is CCCN(C(=O)NCCCSc1nc2ccccc2n1CC(=O)O)C(I)c1ccccc1. The van der Waals surface area contributed by atoms with Crippen LogP contribution >= 0.6 is 34.4 Å². The van der Waals surface area contributed by atoms with Crippen LogP contribution in [0.1, 0.15) is 29.4 Å². The molecule has 2 amide bonds. The quantitative estimate of drug-likeness (QED) is 0.110. The number of aliphatic carboxylic acids is 1. The van der Waals surface area contributed by atoms with Gasteiger partial charge in [0.15, 0.2) is 5.16 Å². The first-order valence-electron chi connectivity index (χ1n) is 10.5. The van der Waals surface area contributed by atoms with Crippen LogP contribution in [0.25, 0.3) is 11.0 Å². The third-order valence-corrected chi connectivity index (χ3v) is 7.27. The van der Waals surface area contributed by atoms with Crippen LogP contribution in [0.5, 0.6) is 0 Å². The fourth-order valence-corrected chi connectivity index (χ4v) is 5.23. The molecule has 0 saturated heterocycles. The maximum absolute atomic E-state index is 12.8. The van der Waals surface area contributed by atoms with Crippen molar-refractivity contribution < 1.29 is 14.7 Å². The Labute approximate surface area is 205 Å². The van der Waals surface area contributed by atoms with E-state index in [1.165, 1.54) is 11.8 Å². The zero-order valence-electron chi connectivity index (χ0n) is 17.9. The van der Waals surface area contributed by atoms with Crippen molar-refractivity contribution in [1.29, 1.82) is 0 Å². The van der Waals surface area contributed by atoms with E-state index in [2.05, 4.69) is 39.8 Å². The number of alkyl halides is 1. The zero-order chi connectivity index (χ0) is 22.9. The summed E-state index contributed by atoms with van der Waals surface area (Å²) in [5.74, 6) is -0.173. The predicted octanol–water partition coefficient (Wildman–Crippen LogP) is 5.16. The first-order chi connectivity index (χ1) is 15.5. The van der Waals surface area contributed by atoms with Gasteiger partial charge in [-0.2, -0.15) is 0 Å². The van der Waals surface area contributed by atoms with Gasteiger partial charge >= 0.3 is 12.0 Å². The van der Waals surface area contributed by atoms with Crippen molar-refractivity contribution >= 4 is 57.4 Å². The lowest BCUT2D eigenvalue weighted by molar-refractivity contribution is -0.137. The molecule has 170 valence electrons. The molecule has 0 radical (unpaired) electrons. The third-order valence-electron chi connectivity index (χ3n) is 4.82. The summed E-state index contributed by atoms with van der Waals surface area (Å²) < 4.78 is 1.70. The number of halogens is 1. The number of amides is 2. The summed E-state index contributed by atoms with van der Waals surface area (Å²) in [4.78, 5) is 30.5. The molecule has 0 saturated carbocycles. The molecule has 0 aliphatic heterocycles. The number of urea groups is 1. The number of benzene rings is 2. The van der Waals surface area contributed by atoms with E-state index in [9.17, 15) is 14.7 Å². The van der Waals surface area contributed by atoms with E-state index in [-0.39, 0.29) is 16.6 Å². The zero-order valence-corrected chi connectivity index (χ0v) is 20.9. The molecule has 2 aromatic carbocycles. The third kappa shape index (κ3) is 6.38. The van der Waals surface area contributed by atoms with Crippen LogP contribution in [0.3, 0.4) is 0 Å². The number of hydrogen-bond donors (Lipinski definition) is 2. The second-order valence-corrected chi connectivity index (χ2v) is 9.48. The number of nitrogens with one attached hydrogen (secondary N) is 1. The van der Waals surface area contributed by atoms with E-state index in [1.807, 2.05) is 59.5 Å². The molecule has 1 heterocycles. The molecule has 32 heavy (non-hydrogen) atoms. The Bertz CT molecular complexity index is 1040. The van der Waals surface area contributed by atoms with E-state index in [1.54, 1.807) is 4.57 Å². The summed E-state index contributed by atoms with van der Waals surface area (Å²) in [5.41, 5.74) is 2.70. The summed E-state index contributed by atoms with van der Waals surface area (Å²) in [7, 11) is 0. The molecule has 3 aromatic rings. The minimum absolute atomic E-state index is 0.0287. The van der Waals surface area contributed by atoms with E-state index in [0.717, 1.165) is 35.2 Å². The normalized spacial score (nSPS) is 11.9. The van der Waals surface area contributed by atoms with Gasteiger partial charge in [-0.05, 0) is 30.5 Å². The highest BCUT2D eigenvalue weighted by Gasteiger charge is 2.21. The average Bonchev–Trinajstić information content (AvgIpc) is 3.14.